The molecule has 3 rings (SSSR count). The maximum Gasteiger partial charge on any atom is 0.255 e. The summed E-state index contributed by atoms with van der Waals surface area (Å²) in [5.74, 6) is 0.896. The maximum atomic E-state index is 12.6. The Morgan fingerprint density at radius 2 is 2.12 bits per heavy atom. The lowest BCUT2D eigenvalue weighted by Crippen LogP contribution is -2.39. The summed E-state index contributed by atoms with van der Waals surface area (Å²) in [5, 5.41) is 13.2. The summed E-state index contributed by atoms with van der Waals surface area (Å²) in [6.07, 6.45) is 6.66. The minimum absolute atomic E-state index is 0.0632. The highest BCUT2D eigenvalue weighted by atomic mass is 16.4. The third kappa shape index (κ3) is 3.59. The molecule has 1 aliphatic rings. The van der Waals surface area contributed by atoms with E-state index in [0.717, 1.165) is 25.9 Å². The molecule has 1 atom stereocenters. The number of rotatable bonds is 5. The lowest BCUT2D eigenvalue weighted by atomic mass is 10.0. The van der Waals surface area contributed by atoms with Gasteiger partial charge in [-0.1, -0.05) is 0 Å². The van der Waals surface area contributed by atoms with Crippen molar-refractivity contribution in [2.75, 3.05) is 24.5 Å². The lowest BCUT2D eigenvalue weighted by molar-refractivity contribution is 0.0330. The van der Waals surface area contributed by atoms with Crippen LogP contribution in [-0.4, -0.2) is 35.6 Å². The Morgan fingerprint density at radius 3 is 2.83 bits per heavy atom. The normalized spacial score (nSPS) is 17.3. The van der Waals surface area contributed by atoms with Crippen LogP contribution >= 0.6 is 0 Å². The molecule has 1 aliphatic heterocycles. The smallest absolute Gasteiger partial charge is 0.255 e. The van der Waals surface area contributed by atoms with Gasteiger partial charge >= 0.3 is 0 Å². The van der Waals surface area contributed by atoms with Crippen molar-refractivity contribution in [2.24, 2.45) is 0 Å². The second-order valence-corrected chi connectivity index (χ2v) is 6.36. The SMILES string of the molecule is CC(O)(CNC(=O)c1cccnc1N1CCCCC1)c1ccco1. The number of piperidine rings is 1. The number of nitrogens with one attached hydrogen (secondary N) is 1. The zero-order valence-corrected chi connectivity index (χ0v) is 13.9. The van der Waals surface area contributed by atoms with E-state index < -0.39 is 5.60 Å². The Labute approximate surface area is 141 Å². The van der Waals surface area contributed by atoms with Gasteiger partial charge in [-0.05, 0) is 50.5 Å². The maximum absolute atomic E-state index is 12.6. The molecule has 1 saturated heterocycles. The summed E-state index contributed by atoms with van der Waals surface area (Å²) in [5.41, 5.74) is -0.721. The second-order valence-electron chi connectivity index (χ2n) is 6.36. The molecule has 2 N–H and O–H groups in total. The van der Waals surface area contributed by atoms with Gasteiger partial charge in [0, 0.05) is 19.3 Å². The molecule has 128 valence electrons. The number of carbonyl (C=O) groups excluding carboxylic acids is 1. The van der Waals surface area contributed by atoms with E-state index in [1.165, 1.54) is 12.7 Å². The number of aromatic nitrogens is 1. The zero-order chi connectivity index (χ0) is 17.0. The largest absolute Gasteiger partial charge is 0.466 e. The average molecular weight is 329 g/mol. The van der Waals surface area contributed by atoms with Crippen molar-refractivity contribution in [3.05, 3.63) is 48.0 Å². The van der Waals surface area contributed by atoms with Crippen LogP contribution in [0.1, 0.15) is 42.3 Å². The molecule has 1 fully saturated rings. The first-order valence-corrected chi connectivity index (χ1v) is 8.32. The molecular weight excluding hydrogens is 306 g/mol. The van der Waals surface area contributed by atoms with Crippen LogP contribution in [0, 0.1) is 0 Å². The molecule has 2 aromatic rings. The number of carbonyl (C=O) groups is 1. The second kappa shape index (κ2) is 7.05. The number of nitrogens with zero attached hydrogens (tertiary/aromatic N) is 2. The minimum atomic E-state index is -1.26. The van der Waals surface area contributed by atoms with E-state index in [-0.39, 0.29) is 12.5 Å². The van der Waals surface area contributed by atoms with Crippen molar-refractivity contribution in [3.63, 3.8) is 0 Å². The molecule has 0 aliphatic carbocycles. The highest BCUT2D eigenvalue weighted by Crippen LogP contribution is 2.23. The van der Waals surface area contributed by atoms with Gasteiger partial charge < -0.3 is 19.7 Å². The average Bonchev–Trinajstić information content (AvgIpc) is 3.16. The molecule has 24 heavy (non-hydrogen) atoms. The van der Waals surface area contributed by atoms with Crippen LogP contribution in [0.15, 0.2) is 41.1 Å². The molecule has 2 aromatic heterocycles. The molecular formula is C18H23N3O3. The van der Waals surface area contributed by atoms with Gasteiger partial charge in [0.2, 0.25) is 0 Å². The van der Waals surface area contributed by atoms with Gasteiger partial charge in [0.05, 0.1) is 18.4 Å². The van der Waals surface area contributed by atoms with Crippen LogP contribution in [0.3, 0.4) is 0 Å². The molecule has 0 bridgehead atoms. The number of furan rings is 1. The monoisotopic (exact) mass is 329 g/mol. The lowest BCUT2D eigenvalue weighted by Gasteiger charge is -2.29. The van der Waals surface area contributed by atoms with Crippen molar-refractivity contribution in [2.45, 2.75) is 31.8 Å². The molecule has 0 radical (unpaired) electrons. The van der Waals surface area contributed by atoms with Crippen molar-refractivity contribution in [3.8, 4) is 0 Å². The Bertz CT molecular complexity index is 677. The Balaban J connectivity index is 1.71. The minimum Gasteiger partial charge on any atom is -0.466 e. The van der Waals surface area contributed by atoms with E-state index in [1.54, 1.807) is 37.4 Å². The summed E-state index contributed by atoms with van der Waals surface area (Å²) >= 11 is 0. The summed E-state index contributed by atoms with van der Waals surface area (Å²) in [7, 11) is 0. The summed E-state index contributed by atoms with van der Waals surface area (Å²) in [4.78, 5) is 19.2. The first kappa shape index (κ1) is 16.5. The quantitative estimate of drug-likeness (QED) is 0.880. The van der Waals surface area contributed by atoms with Crippen molar-refractivity contribution in [1.82, 2.24) is 10.3 Å². The third-order valence-electron chi connectivity index (χ3n) is 4.33. The molecule has 1 unspecified atom stereocenters. The van der Waals surface area contributed by atoms with Crippen LogP contribution in [-0.2, 0) is 5.60 Å². The molecule has 0 spiro atoms. The van der Waals surface area contributed by atoms with E-state index >= 15 is 0 Å². The van der Waals surface area contributed by atoms with E-state index in [9.17, 15) is 9.90 Å². The van der Waals surface area contributed by atoms with Gasteiger partial charge in [-0.25, -0.2) is 4.98 Å². The predicted molar refractivity (Wildman–Crippen MR) is 90.9 cm³/mol. The Kier molecular flexibility index (Phi) is 4.85. The Morgan fingerprint density at radius 1 is 1.33 bits per heavy atom. The number of hydrogen-bond donors (Lipinski definition) is 2. The first-order valence-electron chi connectivity index (χ1n) is 8.32. The number of anilines is 1. The fourth-order valence-electron chi connectivity index (χ4n) is 2.95. The van der Waals surface area contributed by atoms with E-state index in [1.807, 2.05) is 0 Å². The first-order chi connectivity index (χ1) is 11.6. The molecule has 6 nitrogen and oxygen atoms in total. The molecule has 0 saturated carbocycles. The van der Waals surface area contributed by atoms with Gasteiger partial charge in [-0.2, -0.15) is 0 Å². The van der Waals surface area contributed by atoms with Crippen LogP contribution in [0.4, 0.5) is 5.82 Å². The molecule has 3 heterocycles. The van der Waals surface area contributed by atoms with E-state index in [0.29, 0.717) is 17.1 Å². The highest BCUT2D eigenvalue weighted by Gasteiger charge is 2.28. The molecule has 0 aromatic carbocycles. The van der Waals surface area contributed by atoms with Crippen LogP contribution in [0.5, 0.6) is 0 Å². The number of pyridine rings is 1. The van der Waals surface area contributed by atoms with Gasteiger partial charge in [0.25, 0.3) is 5.91 Å². The molecule has 6 heteroatoms. The van der Waals surface area contributed by atoms with E-state index in [4.69, 9.17) is 4.42 Å². The van der Waals surface area contributed by atoms with Gasteiger partial charge in [0.1, 0.15) is 17.2 Å². The van der Waals surface area contributed by atoms with Gasteiger partial charge in [-0.3, -0.25) is 4.79 Å². The fourth-order valence-corrected chi connectivity index (χ4v) is 2.95. The third-order valence-corrected chi connectivity index (χ3v) is 4.33. The number of aliphatic hydroxyl groups is 1. The Hall–Kier alpha value is -2.34. The van der Waals surface area contributed by atoms with Crippen molar-refractivity contribution < 1.29 is 14.3 Å². The summed E-state index contributed by atoms with van der Waals surface area (Å²) in [6.45, 7) is 3.51. The van der Waals surface area contributed by atoms with E-state index in [2.05, 4.69) is 15.2 Å². The van der Waals surface area contributed by atoms with Gasteiger partial charge in [-0.15, -0.1) is 0 Å². The van der Waals surface area contributed by atoms with Crippen molar-refractivity contribution >= 4 is 11.7 Å². The highest BCUT2D eigenvalue weighted by molar-refractivity contribution is 5.98. The fraction of sp³-hybridized carbons (Fsp3) is 0.444. The number of hydrogen-bond acceptors (Lipinski definition) is 5. The summed E-state index contributed by atoms with van der Waals surface area (Å²) < 4.78 is 5.23. The topological polar surface area (TPSA) is 78.6 Å². The van der Waals surface area contributed by atoms with Gasteiger partial charge in [0.15, 0.2) is 0 Å². The van der Waals surface area contributed by atoms with Crippen LogP contribution in [0.25, 0.3) is 0 Å². The number of amides is 1. The summed E-state index contributed by atoms with van der Waals surface area (Å²) in [6, 6.07) is 6.93. The van der Waals surface area contributed by atoms with Crippen LogP contribution < -0.4 is 10.2 Å². The van der Waals surface area contributed by atoms with Crippen LogP contribution in [0.2, 0.25) is 0 Å². The predicted octanol–water partition coefficient (Wildman–Crippen LogP) is 2.30. The zero-order valence-electron chi connectivity index (χ0n) is 13.9. The molecule has 1 amide bonds. The standard InChI is InChI=1S/C18H23N3O3/c1-18(23,15-8-6-12-24-15)13-20-17(22)14-7-5-9-19-16(14)21-10-3-2-4-11-21/h5-9,12,23H,2-4,10-11,13H2,1H3,(H,20,22). The van der Waals surface area contributed by atoms with Crippen molar-refractivity contribution in [1.29, 1.82) is 0 Å².